The Kier molecular flexibility index (Phi) is 4.36. The number of carbonyl (C=O) groups excluding carboxylic acids is 1. The van der Waals surface area contributed by atoms with Crippen molar-refractivity contribution in [1.82, 2.24) is 0 Å². The smallest absolute Gasteiger partial charge is 0.198 e. The molecule has 2 aromatic rings. The lowest BCUT2D eigenvalue weighted by atomic mass is 9.97. The fraction of sp³-hybridized carbons (Fsp3) is 0.235. The van der Waals surface area contributed by atoms with Crippen LogP contribution >= 0.6 is 0 Å². The van der Waals surface area contributed by atoms with E-state index >= 15 is 0 Å². The van der Waals surface area contributed by atoms with Crippen LogP contribution < -0.4 is 4.74 Å². The van der Waals surface area contributed by atoms with Gasteiger partial charge in [0.25, 0.3) is 0 Å². The zero-order chi connectivity index (χ0) is 15.6. The SMILES string of the molecule is COc1cc(F)c(C(=O)c2ccc(C(C)C)cc2)c(F)c1. The molecule has 0 aliphatic carbocycles. The van der Waals surface area contributed by atoms with Crippen LogP contribution in [0.4, 0.5) is 8.78 Å². The Labute approximate surface area is 122 Å². The Bertz CT molecular complexity index is 638. The van der Waals surface area contributed by atoms with Crippen molar-refractivity contribution in [3.8, 4) is 5.75 Å². The third-order valence-corrected chi connectivity index (χ3v) is 3.32. The minimum atomic E-state index is -0.926. The summed E-state index contributed by atoms with van der Waals surface area (Å²) in [5.74, 6) is -2.17. The van der Waals surface area contributed by atoms with Gasteiger partial charge >= 0.3 is 0 Å². The number of ether oxygens (including phenoxy) is 1. The van der Waals surface area contributed by atoms with Crippen molar-refractivity contribution in [3.63, 3.8) is 0 Å². The normalized spacial score (nSPS) is 10.8. The van der Waals surface area contributed by atoms with E-state index in [2.05, 4.69) is 0 Å². The van der Waals surface area contributed by atoms with Gasteiger partial charge in [-0.2, -0.15) is 0 Å². The van der Waals surface area contributed by atoms with E-state index in [1.165, 1.54) is 7.11 Å². The van der Waals surface area contributed by atoms with Gasteiger partial charge in [0.2, 0.25) is 0 Å². The van der Waals surface area contributed by atoms with Gasteiger partial charge in [-0.25, -0.2) is 8.78 Å². The predicted molar refractivity (Wildman–Crippen MR) is 76.9 cm³/mol. The summed E-state index contributed by atoms with van der Waals surface area (Å²) < 4.78 is 32.6. The maximum Gasteiger partial charge on any atom is 0.198 e. The Balaban J connectivity index is 2.40. The number of hydrogen-bond acceptors (Lipinski definition) is 2. The van der Waals surface area contributed by atoms with E-state index in [1.54, 1.807) is 24.3 Å². The van der Waals surface area contributed by atoms with E-state index in [0.717, 1.165) is 17.7 Å². The molecule has 0 fully saturated rings. The number of ketones is 1. The minimum absolute atomic E-state index is 0.0386. The molecule has 0 heterocycles. The second-order valence-corrected chi connectivity index (χ2v) is 5.07. The summed E-state index contributed by atoms with van der Waals surface area (Å²) in [6.07, 6.45) is 0. The van der Waals surface area contributed by atoms with Crippen LogP contribution in [0.25, 0.3) is 0 Å². The van der Waals surface area contributed by atoms with Gasteiger partial charge in [-0.3, -0.25) is 4.79 Å². The summed E-state index contributed by atoms with van der Waals surface area (Å²) in [6, 6.07) is 8.74. The molecule has 4 heteroatoms. The summed E-state index contributed by atoms with van der Waals surface area (Å²) in [6.45, 7) is 4.05. The Morgan fingerprint density at radius 2 is 1.57 bits per heavy atom. The molecule has 0 aromatic heterocycles. The van der Waals surface area contributed by atoms with E-state index < -0.39 is 23.0 Å². The molecular formula is C17H16F2O2. The predicted octanol–water partition coefficient (Wildman–Crippen LogP) is 4.33. The average Bonchev–Trinajstić information content (AvgIpc) is 2.46. The van der Waals surface area contributed by atoms with Gasteiger partial charge in [-0.05, 0) is 11.5 Å². The van der Waals surface area contributed by atoms with Crippen LogP contribution in [-0.2, 0) is 0 Å². The zero-order valence-electron chi connectivity index (χ0n) is 12.1. The van der Waals surface area contributed by atoms with Crippen LogP contribution in [0.1, 0.15) is 41.3 Å². The summed E-state index contributed by atoms with van der Waals surface area (Å²) in [5.41, 5.74) is 0.748. The van der Waals surface area contributed by atoms with Crippen molar-refractivity contribution < 1.29 is 18.3 Å². The lowest BCUT2D eigenvalue weighted by Crippen LogP contribution is -2.08. The van der Waals surface area contributed by atoms with E-state index in [9.17, 15) is 13.6 Å². The average molecular weight is 290 g/mol. The molecule has 2 aromatic carbocycles. The van der Waals surface area contributed by atoms with Crippen LogP contribution in [0.15, 0.2) is 36.4 Å². The highest BCUT2D eigenvalue weighted by molar-refractivity contribution is 6.09. The lowest BCUT2D eigenvalue weighted by molar-refractivity contribution is 0.103. The first-order valence-corrected chi connectivity index (χ1v) is 6.61. The van der Waals surface area contributed by atoms with Gasteiger partial charge in [-0.1, -0.05) is 38.1 Å². The molecule has 2 nitrogen and oxygen atoms in total. The van der Waals surface area contributed by atoms with E-state index in [0.29, 0.717) is 5.92 Å². The first-order chi connectivity index (χ1) is 9.93. The van der Waals surface area contributed by atoms with E-state index in [1.807, 2.05) is 13.8 Å². The van der Waals surface area contributed by atoms with Gasteiger partial charge in [0, 0.05) is 17.7 Å². The molecule has 21 heavy (non-hydrogen) atoms. The molecule has 0 spiro atoms. The van der Waals surface area contributed by atoms with Gasteiger partial charge in [0.05, 0.1) is 12.7 Å². The van der Waals surface area contributed by atoms with Crippen molar-refractivity contribution >= 4 is 5.78 Å². The van der Waals surface area contributed by atoms with E-state index in [-0.39, 0.29) is 11.3 Å². The molecule has 0 aliphatic rings. The molecule has 0 amide bonds. The number of benzene rings is 2. The number of carbonyl (C=O) groups is 1. The maximum atomic E-state index is 13.9. The summed E-state index contributed by atoms with van der Waals surface area (Å²) in [4.78, 5) is 12.2. The summed E-state index contributed by atoms with van der Waals surface area (Å²) >= 11 is 0. The Morgan fingerprint density at radius 1 is 1.05 bits per heavy atom. The molecule has 0 aliphatic heterocycles. The maximum absolute atomic E-state index is 13.9. The second kappa shape index (κ2) is 6.04. The molecule has 0 saturated carbocycles. The van der Waals surface area contributed by atoms with Gasteiger partial charge in [0.1, 0.15) is 17.4 Å². The first kappa shape index (κ1) is 15.2. The molecule has 110 valence electrons. The third kappa shape index (κ3) is 3.10. The molecular weight excluding hydrogens is 274 g/mol. The second-order valence-electron chi connectivity index (χ2n) is 5.07. The molecule has 0 bridgehead atoms. The fourth-order valence-electron chi connectivity index (χ4n) is 2.05. The van der Waals surface area contributed by atoms with E-state index in [4.69, 9.17) is 4.74 Å². The van der Waals surface area contributed by atoms with Gasteiger partial charge < -0.3 is 4.74 Å². The number of hydrogen-bond donors (Lipinski definition) is 0. The number of rotatable bonds is 4. The van der Waals surface area contributed by atoms with Crippen molar-refractivity contribution in [2.24, 2.45) is 0 Å². The van der Waals surface area contributed by atoms with Crippen molar-refractivity contribution in [2.75, 3.05) is 7.11 Å². The first-order valence-electron chi connectivity index (χ1n) is 6.61. The minimum Gasteiger partial charge on any atom is -0.497 e. The largest absolute Gasteiger partial charge is 0.497 e. The molecule has 0 saturated heterocycles. The van der Waals surface area contributed by atoms with Crippen molar-refractivity contribution in [1.29, 1.82) is 0 Å². The van der Waals surface area contributed by atoms with Crippen LogP contribution in [0.3, 0.4) is 0 Å². The quantitative estimate of drug-likeness (QED) is 0.783. The molecule has 0 atom stereocenters. The van der Waals surface area contributed by atoms with Crippen LogP contribution in [-0.4, -0.2) is 12.9 Å². The Hall–Kier alpha value is -2.23. The fourth-order valence-corrected chi connectivity index (χ4v) is 2.05. The van der Waals surface area contributed by atoms with Crippen LogP contribution in [0.5, 0.6) is 5.75 Å². The molecule has 0 N–H and O–H groups in total. The highest BCUT2D eigenvalue weighted by atomic mass is 19.1. The topological polar surface area (TPSA) is 26.3 Å². The molecule has 0 radical (unpaired) electrons. The Morgan fingerprint density at radius 3 is 2.00 bits per heavy atom. The molecule has 2 rings (SSSR count). The standard InChI is InChI=1S/C17H16F2O2/c1-10(2)11-4-6-12(7-5-11)17(20)16-14(18)8-13(21-3)9-15(16)19/h4-10H,1-3H3. The van der Waals surface area contributed by atoms with Crippen molar-refractivity contribution in [3.05, 3.63) is 64.7 Å². The monoisotopic (exact) mass is 290 g/mol. The van der Waals surface area contributed by atoms with Crippen LogP contribution in [0.2, 0.25) is 0 Å². The summed E-state index contributed by atoms with van der Waals surface area (Å²) in [5, 5.41) is 0. The summed E-state index contributed by atoms with van der Waals surface area (Å²) in [7, 11) is 1.31. The van der Waals surface area contributed by atoms with Gasteiger partial charge in [0.15, 0.2) is 5.78 Å². The zero-order valence-corrected chi connectivity index (χ0v) is 12.1. The number of halogens is 2. The lowest BCUT2D eigenvalue weighted by Gasteiger charge is -2.09. The van der Waals surface area contributed by atoms with Crippen molar-refractivity contribution in [2.45, 2.75) is 19.8 Å². The highest BCUT2D eigenvalue weighted by Crippen LogP contribution is 2.24. The number of methoxy groups -OCH3 is 1. The highest BCUT2D eigenvalue weighted by Gasteiger charge is 2.20. The van der Waals surface area contributed by atoms with Gasteiger partial charge in [-0.15, -0.1) is 0 Å². The third-order valence-electron chi connectivity index (χ3n) is 3.32. The van der Waals surface area contributed by atoms with Crippen LogP contribution in [0, 0.1) is 11.6 Å². The molecule has 0 unspecified atom stereocenters.